The summed E-state index contributed by atoms with van der Waals surface area (Å²) in [4.78, 5) is 0. The molecule has 0 aliphatic carbocycles. The van der Waals surface area contributed by atoms with Crippen LogP contribution in [-0.4, -0.2) is 32.7 Å². The number of halogens is 3. The molecular formula is C20H25F3O4. The number of ether oxygens (including phenoxy) is 4. The Morgan fingerprint density at radius 1 is 0.926 bits per heavy atom. The lowest BCUT2D eigenvalue weighted by Crippen LogP contribution is -2.33. The van der Waals surface area contributed by atoms with Crippen LogP contribution in [0.25, 0.3) is 0 Å². The number of rotatable bonds is 6. The van der Waals surface area contributed by atoms with Crippen LogP contribution >= 0.6 is 0 Å². The third-order valence-electron chi connectivity index (χ3n) is 4.69. The zero-order valence-corrected chi connectivity index (χ0v) is 15.3. The second-order valence-electron chi connectivity index (χ2n) is 6.93. The molecular weight excluding hydrogens is 361 g/mol. The minimum Gasteiger partial charge on any atom is -0.352 e. The molecule has 27 heavy (non-hydrogen) atoms. The lowest BCUT2D eigenvalue weighted by Gasteiger charge is -2.32. The van der Waals surface area contributed by atoms with E-state index in [4.69, 9.17) is 18.9 Å². The molecule has 0 aromatic heterocycles. The van der Waals surface area contributed by atoms with Crippen LogP contribution in [0.4, 0.5) is 13.2 Å². The quantitative estimate of drug-likeness (QED) is 0.533. The highest BCUT2D eigenvalue weighted by Gasteiger charge is 2.27. The molecule has 2 saturated heterocycles. The van der Waals surface area contributed by atoms with Gasteiger partial charge in [0.25, 0.3) is 0 Å². The van der Waals surface area contributed by atoms with E-state index in [2.05, 4.69) is 19.1 Å². The van der Waals surface area contributed by atoms with Crippen molar-refractivity contribution in [3.05, 3.63) is 47.3 Å². The van der Waals surface area contributed by atoms with Gasteiger partial charge in [-0.1, -0.05) is 19.1 Å². The summed E-state index contributed by atoms with van der Waals surface area (Å²) in [5.41, 5.74) is 0.134. The van der Waals surface area contributed by atoms with Crippen molar-refractivity contribution in [2.24, 2.45) is 11.8 Å². The average Bonchev–Trinajstić information content (AvgIpc) is 2.69. The number of benzene rings is 1. The van der Waals surface area contributed by atoms with Crippen molar-refractivity contribution in [3.8, 4) is 0 Å². The Kier molecular flexibility index (Phi) is 7.29. The minimum absolute atomic E-state index is 0.134. The predicted octanol–water partition coefficient (Wildman–Crippen LogP) is 4.50. The summed E-state index contributed by atoms with van der Waals surface area (Å²) in [6.45, 7) is 4.18. The lowest BCUT2D eigenvalue weighted by atomic mass is 10.0. The Morgan fingerprint density at radius 2 is 1.56 bits per heavy atom. The zero-order chi connectivity index (χ0) is 19.2. The van der Waals surface area contributed by atoms with Crippen LogP contribution in [0, 0.1) is 29.3 Å². The van der Waals surface area contributed by atoms with E-state index in [0.29, 0.717) is 32.3 Å². The molecule has 0 spiro atoms. The molecule has 0 amide bonds. The molecule has 150 valence electrons. The van der Waals surface area contributed by atoms with E-state index in [1.54, 1.807) is 0 Å². The van der Waals surface area contributed by atoms with Crippen LogP contribution in [0.15, 0.2) is 24.3 Å². The Morgan fingerprint density at radius 3 is 2.15 bits per heavy atom. The van der Waals surface area contributed by atoms with Gasteiger partial charge >= 0.3 is 0 Å². The molecule has 0 saturated carbocycles. The standard InChI is InChI=1S/C20H25F3O4/c1-2-3-4-13-9-24-18(25-10-13)6-5-14-11-26-20(27-12-14)15-7-16(21)19(23)17(22)8-15/h3-4,7-8,13-14,18,20H,2,5-6,9-12H2,1H3. The number of hydrogen-bond acceptors (Lipinski definition) is 4. The maximum Gasteiger partial charge on any atom is 0.194 e. The van der Waals surface area contributed by atoms with E-state index in [1.165, 1.54) is 0 Å². The highest BCUT2D eigenvalue weighted by molar-refractivity contribution is 5.20. The molecule has 2 aliphatic rings. The largest absolute Gasteiger partial charge is 0.352 e. The number of allylic oxidation sites excluding steroid dienone is 1. The monoisotopic (exact) mass is 386 g/mol. The summed E-state index contributed by atoms with van der Waals surface area (Å²) >= 11 is 0. The van der Waals surface area contributed by atoms with Gasteiger partial charge in [-0.2, -0.15) is 0 Å². The summed E-state index contributed by atoms with van der Waals surface area (Å²) in [5, 5.41) is 0. The van der Waals surface area contributed by atoms with Gasteiger partial charge in [0, 0.05) is 17.4 Å². The first kappa shape index (κ1) is 20.3. The summed E-state index contributed by atoms with van der Waals surface area (Å²) in [6.07, 6.45) is 5.64. The smallest absolute Gasteiger partial charge is 0.194 e. The van der Waals surface area contributed by atoms with E-state index in [9.17, 15) is 13.2 Å². The molecule has 0 atom stereocenters. The predicted molar refractivity (Wildman–Crippen MR) is 92.3 cm³/mol. The first-order valence-corrected chi connectivity index (χ1v) is 9.34. The Hall–Kier alpha value is -1.41. The van der Waals surface area contributed by atoms with Gasteiger partial charge in [-0.05, 0) is 31.4 Å². The highest BCUT2D eigenvalue weighted by Crippen LogP contribution is 2.29. The second kappa shape index (κ2) is 9.68. The molecule has 3 rings (SSSR count). The molecule has 4 nitrogen and oxygen atoms in total. The molecule has 2 heterocycles. The van der Waals surface area contributed by atoms with Gasteiger partial charge < -0.3 is 18.9 Å². The normalized spacial score (nSPS) is 29.3. The van der Waals surface area contributed by atoms with E-state index in [0.717, 1.165) is 31.4 Å². The number of hydrogen-bond donors (Lipinski definition) is 0. The van der Waals surface area contributed by atoms with Crippen LogP contribution in [0.3, 0.4) is 0 Å². The molecule has 0 radical (unpaired) electrons. The summed E-state index contributed by atoms with van der Waals surface area (Å²) in [5.74, 6) is -3.55. The first-order valence-electron chi connectivity index (χ1n) is 9.34. The SMILES string of the molecule is CCC=CC1COC(CCC2COC(c3cc(F)c(F)c(F)c3)OC2)OC1. The van der Waals surface area contributed by atoms with E-state index in [1.807, 2.05) is 0 Å². The topological polar surface area (TPSA) is 36.9 Å². The third kappa shape index (κ3) is 5.54. The third-order valence-corrected chi connectivity index (χ3v) is 4.69. The molecule has 0 N–H and O–H groups in total. The summed E-state index contributed by atoms with van der Waals surface area (Å²) < 4.78 is 62.3. The van der Waals surface area contributed by atoms with Crippen molar-refractivity contribution in [1.29, 1.82) is 0 Å². The molecule has 0 bridgehead atoms. The van der Waals surface area contributed by atoms with Gasteiger partial charge in [-0.3, -0.25) is 0 Å². The van der Waals surface area contributed by atoms with Gasteiger partial charge in [-0.15, -0.1) is 0 Å². The van der Waals surface area contributed by atoms with Crippen LogP contribution < -0.4 is 0 Å². The van der Waals surface area contributed by atoms with Crippen LogP contribution in [-0.2, 0) is 18.9 Å². The lowest BCUT2D eigenvalue weighted by molar-refractivity contribution is -0.217. The van der Waals surface area contributed by atoms with Crippen LogP contribution in [0.1, 0.15) is 38.0 Å². The van der Waals surface area contributed by atoms with Crippen molar-refractivity contribution in [2.45, 2.75) is 38.8 Å². The van der Waals surface area contributed by atoms with Gasteiger partial charge in [-0.25, -0.2) is 13.2 Å². The van der Waals surface area contributed by atoms with Crippen molar-refractivity contribution < 1.29 is 32.1 Å². The first-order chi connectivity index (χ1) is 13.1. The van der Waals surface area contributed by atoms with Crippen molar-refractivity contribution in [1.82, 2.24) is 0 Å². The van der Waals surface area contributed by atoms with E-state index in [-0.39, 0.29) is 17.8 Å². The fraction of sp³-hybridized carbons (Fsp3) is 0.600. The fourth-order valence-corrected chi connectivity index (χ4v) is 3.15. The highest BCUT2D eigenvalue weighted by atomic mass is 19.2. The van der Waals surface area contributed by atoms with Crippen molar-refractivity contribution >= 4 is 0 Å². The van der Waals surface area contributed by atoms with Crippen molar-refractivity contribution in [2.75, 3.05) is 26.4 Å². The molecule has 2 fully saturated rings. The van der Waals surface area contributed by atoms with Crippen LogP contribution in [0.5, 0.6) is 0 Å². The van der Waals surface area contributed by atoms with Gasteiger partial charge in [0.05, 0.1) is 26.4 Å². The van der Waals surface area contributed by atoms with Gasteiger partial charge in [0.1, 0.15) is 0 Å². The molecule has 2 aliphatic heterocycles. The maximum atomic E-state index is 13.3. The zero-order valence-electron chi connectivity index (χ0n) is 15.3. The molecule has 0 unspecified atom stereocenters. The van der Waals surface area contributed by atoms with Crippen molar-refractivity contribution in [3.63, 3.8) is 0 Å². The van der Waals surface area contributed by atoms with Gasteiger partial charge in [0.15, 0.2) is 30.0 Å². The molecule has 1 aromatic rings. The Bertz CT molecular complexity index is 613. The Balaban J connectivity index is 1.40. The van der Waals surface area contributed by atoms with Gasteiger partial charge in [0.2, 0.25) is 0 Å². The summed E-state index contributed by atoms with van der Waals surface area (Å²) in [6, 6.07) is 1.80. The summed E-state index contributed by atoms with van der Waals surface area (Å²) in [7, 11) is 0. The average molecular weight is 386 g/mol. The molecule has 1 aromatic carbocycles. The van der Waals surface area contributed by atoms with Crippen LogP contribution in [0.2, 0.25) is 0 Å². The minimum atomic E-state index is -1.49. The fourth-order valence-electron chi connectivity index (χ4n) is 3.15. The van der Waals surface area contributed by atoms with E-state index >= 15 is 0 Å². The van der Waals surface area contributed by atoms with E-state index < -0.39 is 23.7 Å². The Labute approximate surface area is 157 Å². The molecule has 7 heteroatoms. The second-order valence-corrected chi connectivity index (χ2v) is 6.93. The maximum absolute atomic E-state index is 13.3.